The number of aliphatic hydroxyl groups excluding tert-OH is 2. The maximum Gasteiger partial charge on any atom is 0.310 e. The first-order valence-electron chi connectivity index (χ1n) is 11.2. The summed E-state index contributed by atoms with van der Waals surface area (Å²) in [5, 5.41) is 21.4. The van der Waals surface area contributed by atoms with E-state index in [9.17, 15) is 19.8 Å². The van der Waals surface area contributed by atoms with Crippen molar-refractivity contribution >= 4 is 11.8 Å². The number of piperidine rings is 1. The van der Waals surface area contributed by atoms with E-state index in [0.29, 0.717) is 41.6 Å². The summed E-state index contributed by atoms with van der Waals surface area (Å²) < 4.78 is 4.96. The molecule has 0 spiro atoms. The molecule has 2 N–H and O–H groups in total. The summed E-state index contributed by atoms with van der Waals surface area (Å²) in [7, 11) is 1.36. The van der Waals surface area contributed by atoms with Gasteiger partial charge in [0, 0.05) is 54.6 Å². The van der Waals surface area contributed by atoms with E-state index in [1.807, 2.05) is 0 Å². The standard InChI is InChI=1S/C24H31NO5/c1-12-10-25-11-13-4-5-17(27)20-14(6-7-26)16(9-19(28)30-3)21-22(20)24(13,2)18(25)8-15(12)23(21)29/h12-13,15,18,26,29H,4-11H2,1-3H3/t12-,13-,15-,18-,24-/m1/s1. The number of ether oxygens (including phenoxy) is 1. The molecule has 6 heteroatoms. The Labute approximate surface area is 177 Å². The molecule has 0 saturated carbocycles. The molecule has 0 radical (unpaired) electrons. The number of ketones is 1. The minimum Gasteiger partial charge on any atom is -0.511 e. The van der Waals surface area contributed by atoms with Crippen LogP contribution in [0.2, 0.25) is 0 Å². The highest BCUT2D eigenvalue weighted by atomic mass is 16.5. The van der Waals surface area contributed by atoms with Gasteiger partial charge in [-0.15, -0.1) is 0 Å². The first kappa shape index (κ1) is 20.0. The van der Waals surface area contributed by atoms with Gasteiger partial charge in [-0.2, -0.15) is 0 Å². The molecule has 2 bridgehead atoms. The predicted octanol–water partition coefficient (Wildman–Crippen LogP) is 2.69. The fourth-order valence-corrected chi connectivity index (χ4v) is 7.23. The first-order valence-corrected chi connectivity index (χ1v) is 11.2. The fourth-order valence-electron chi connectivity index (χ4n) is 7.23. The highest BCUT2D eigenvalue weighted by Crippen LogP contribution is 2.64. The van der Waals surface area contributed by atoms with Gasteiger partial charge in [0.25, 0.3) is 0 Å². The average Bonchev–Trinajstić information content (AvgIpc) is 3.11. The molecule has 0 amide bonds. The maximum atomic E-state index is 13.4. The van der Waals surface area contributed by atoms with Gasteiger partial charge in [-0.1, -0.05) is 13.8 Å². The van der Waals surface area contributed by atoms with Gasteiger partial charge >= 0.3 is 5.97 Å². The second kappa shape index (κ2) is 6.79. The Balaban J connectivity index is 1.82. The molecule has 0 aromatic carbocycles. The number of methoxy groups -OCH3 is 1. The molecular formula is C24H31NO5. The average molecular weight is 414 g/mol. The summed E-state index contributed by atoms with van der Waals surface area (Å²) in [6.07, 6.45) is 2.54. The molecule has 30 heavy (non-hydrogen) atoms. The topological polar surface area (TPSA) is 87.1 Å². The summed E-state index contributed by atoms with van der Waals surface area (Å²) >= 11 is 0. The van der Waals surface area contributed by atoms with Crippen molar-refractivity contribution in [2.45, 2.75) is 52.0 Å². The van der Waals surface area contributed by atoms with Gasteiger partial charge < -0.3 is 14.9 Å². The van der Waals surface area contributed by atoms with E-state index in [1.54, 1.807) is 0 Å². The van der Waals surface area contributed by atoms with Crippen LogP contribution in [0.15, 0.2) is 33.6 Å². The number of Topliss-reactive ketones (excluding diaryl/α,β-unsaturated/α-hetero) is 1. The van der Waals surface area contributed by atoms with Crippen LogP contribution in [0.5, 0.6) is 0 Å². The molecule has 0 aromatic heterocycles. The van der Waals surface area contributed by atoms with Crippen LogP contribution < -0.4 is 0 Å². The number of aliphatic hydroxyl groups is 2. The SMILES string of the molecule is COC(=O)CC1=C(CCO)C2=C3C1=C(O)[C@@H]1C[C@H]4N(C[C@@H](CCC2=O)[C@@]34C)C[C@H]1C. The quantitative estimate of drug-likeness (QED) is 0.689. The molecule has 0 aromatic rings. The van der Waals surface area contributed by atoms with Crippen molar-refractivity contribution in [3.63, 3.8) is 0 Å². The molecule has 5 atom stereocenters. The summed E-state index contributed by atoms with van der Waals surface area (Å²) in [5.41, 5.74) is 3.57. The zero-order valence-corrected chi connectivity index (χ0v) is 18.0. The number of hydrogen-bond donors (Lipinski definition) is 2. The van der Waals surface area contributed by atoms with Gasteiger partial charge in [0.15, 0.2) is 5.78 Å². The van der Waals surface area contributed by atoms with Crippen molar-refractivity contribution in [1.82, 2.24) is 4.90 Å². The van der Waals surface area contributed by atoms with Gasteiger partial charge in [0.1, 0.15) is 5.76 Å². The molecule has 2 aliphatic heterocycles. The second-order valence-corrected chi connectivity index (χ2v) is 9.92. The lowest BCUT2D eigenvalue weighted by Crippen LogP contribution is -2.47. The number of carbonyl (C=O) groups excluding carboxylic acids is 2. The molecular weight excluding hydrogens is 382 g/mol. The van der Waals surface area contributed by atoms with E-state index >= 15 is 0 Å². The summed E-state index contributed by atoms with van der Waals surface area (Å²) in [4.78, 5) is 28.3. The Morgan fingerprint density at radius 1 is 1.27 bits per heavy atom. The van der Waals surface area contributed by atoms with Crippen LogP contribution in [0.4, 0.5) is 0 Å². The van der Waals surface area contributed by atoms with E-state index in [1.165, 1.54) is 7.11 Å². The summed E-state index contributed by atoms with van der Waals surface area (Å²) in [6, 6.07) is 0.284. The third kappa shape index (κ3) is 2.43. The van der Waals surface area contributed by atoms with Gasteiger partial charge in [0.05, 0.1) is 13.5 Å². The Kier molecular flexibility index (Phi) is 4.53. The molecule has 5 rings (SSSR count). The highest BCUT2D eigenvalue weighted by Gasteiger charge is 2.62. The van der Waals surface area contributed by atoms with Gasteiger partial charge in [-0.05, 0) is 47.8 Å². The van der Waals surface area contributed by atoms with Crippen molar-refractivity contribution in [2.75, 3.05) is 26.8 Å². The third-order valence-electron chi connectivity index (χ3n) is 8.65. The fraction of sp³-hybridized carbons (Fsp3) is 0.667. The van der Waals surface area contributed by atoms with E-state index in [4.69, 9.17) is 4.74 Å². The lowest BCUT2D eigenvalue weighted by atomic mass is 9.65. The number of carbonyl (C=O) groups is 2. The van der Waals surface area contributed by atoms with Crippen LogP contribution >= 0.6 is 0 Å². The molecule has 2 saturated heterocycles. The number of rotatable bonds is 4. The van der Waals surface area contributed by atoms with Crippen molar-refractivity contribution in [2.24, 2.45) is 23.2 Å². The van der Waals surface area contributed by atoms with E-state index in [-0.39, 0.29) is 42.2 Å². The molecule has 2 fully saturated rings. The van der Waals surface area contributed by atoms with Crippen LogP contribution in [0.1, 0.15) is 46.0 Å². The lowest BCUT2D eigenvalue weighted by molar-refractivity contribution is -0.139. The molecule has 162 valence electrons. The Bertz CT molecular complexity index is 928. The van der Waals surface area contributed by atoms with E-state index < -0.39 is 0 Å². The molecule has 0 unspecified atom stereocenters. The molecule has 5 aliphatic rings. The van der Waals surface area contributed by atoms with E-state index in [0.717, 1.165) is 42.7 Å². The number of fused-ring (bicyclic) bond motifs is 1. The predicted molar refractivity (Wildman–Crippen MR) is 111 cm³/mol. The number of allylic oxidation sites excluding steroid dienone is 3. The summed E-state index contributed by atoms with van der Waals surface area (Å²) in [5.74, 6) is 0.710. The normalized spacial score (nSPS) is 37.7. The largest absolute Gasteiger partial charge is 0.511 e. The van der Waals surface area contributed by atoms with Crippen LogP contribution in [-0.4, -0.2) is 59.7 Å². The van der Waals surface area contributed by atoms with Crippen LogP contribution in [0.25, 0.3) is 0 Å². The van der Waals surface area contributed by atoms with Gasteiger partial charge in [-0.3, -0.25) is 14.5 Å². The number of nitrogens with zero attached hydrogens (tertiary/aromatic N) is 1. The van der Waals surface area contributed by atoms with Crippen molar-refractivity contribution in [3.8, 4) is 0 Å². The smallest absolute Gasteiger partial charge is 0.310 e. The molecule has 2 heterocycles. The first-order chi connectivity index (χ1) is 14.3. The Morgan fingerprint density at radius 2 is 2.03 bits per heavy atom. The monoisotopic (exact) mass is 413 g/mol. The van der Waals surface area contributed by atoms with Crippen LogP contribution in [-0.2, 0) is 14.3 Å². The zero-order chi connectivity index (χ0) is 21.4. The van der Waals surface area contributed by atoms with Crippen LogP contribution in [0, 0.1) is 23.2 Å². The van der Waals surface area contributed by atoms with Gasteiger partial charge in [-0.25, -0.2) is 0 Å². The molecule has 3 aliphatic carbocycles. The minimum absolute atomic E-state index is 0.0156. The lowest BCUT2D eigenvalue weighted by Gasteiger charge is -2.43. The van der Waals surface area contributed by atoms with Crippen molar-refractivity contribution in [1.29, 1.82) is 0 Å². The van der Waals surface area contributed by atoms with Crippen molar-refractivity contribution < 1.29 is 24.5 Å². The zero-order valence-electron chi connectivity index (χ0n) is 18.0. The summed E-state index contributed by atoms with van der Waals surface area (Å²) in [6.45, 7) is 6.30. The highest BCUT2D eigenvalue weighted by molar-refractivity contribution is 6.05. The van der Waals surface area contributed by atoms with E-state index in [2.05, 4.69) is 18.7 Å². The molecule has 6 nitrogen and oxygen atoms in total. The maximum absolute atomic E-state index is 13.4. The third-order valence-corrected chi connectivity index (χ3v) is 8.65. The number of hydrogen-bond acceptors (Lipinski definition) is 6. The Hall–Kier alpha value is -1.92. The van der Waals surface area contributed by atoms with Crippen molar-refractivity contribution in [3.05, 3.63) is 33.6 Å². The Morgan fingerprint density at radius 3 is 2.73 bits per heavy atom. The second-order valence-electron chi connectivity index (χ2n) is 9.92. The van der Waals surface area contributed by atoms with Gasteiger partial charge in [0.2, 0.25) is 0 Å². The number of esters is 1. The van der Waals surface area contributed by atoms with Crippen LogP contribution in [0.3, 0.4) is 0 Å². The minimum atomic E-state index is -0.388.